The molecule has 1 saturated heterocycles. The SMILES string of the molecule is COc1ccccc1CNc1ccc(NC(=O)C2CCCO2)nn1. The van der Waals surface area contributed by atoms with Crippen molar-refractivity contribution in [3.8, 4) is 5.75 Å². The second-order valence-corrected chi connectivity index (χ2v) is 5.46. The fraction of sp³-hybridized carbons (Fsp3) is 0.353. The van der Waals surface area contributed by atoms with Gasteiger partial charge in [0.1, 0.15) is 17.7 Å². The third-order valence-corrected chi connectivity index (χ3v) is 3.79. The Morgan fingerprint density at radius 1 is 1.25 bits per heavy atom. The van der Waals surface area contributed by atoms with Crippen molar-refractivity contribution in [2.24, 2.45) is 0 Å². The van der Waals surface area contributed by atoms with E-state index >= 15 is 0 Å². The Kier molecular flexibility index (Phi) is 5.22. The van der Waals surface area contributed by atoms with Crippen molar-refractivity contribution in [2.45, 2.75) is 25.5 Å². The van der Waals surface area contributed by atoms with Crippen LogP contribution in [-0.4, -0.2) is 35.9 Å². The smallest absolute Gasteiger partial charge is 0.254 e. The lowest BCUT2D eigenvalue weighted by molar-refractivity contribution is -0.124. The lowest BCUT2D eigenvalue weighted by Crippen LogP contribution is -2.27. The van der Waals surface area contributed by atoms with Gasteiger partial charge < -0.3 is 20.1 Å². The number of benzene rings is 1. The third kappa shape index (κ3) is 3.99. The highest BCUT2D eigenvalue weighted by Crippen LogP contribution is 2.19. The topological polar surface area (TPSA) is 85.4 Å². The van der Waals surface area contributed by atoms with Crippen molar-refractivity contribution in [3.63, 3.8) is 0 Å². The lowest BCUT2D eigenvalue weighted by Gasteiger charge is -2.11. The molecule has 0 radical (unpaired) electrons. The summed E-state index contributed by atoms with van der Waals surface area (Å²) >= 11 is 0. The van der Waals surface area contributed by atoms with Crippen molar-refractivity contribution in [1.82, 2.24) is 10.2 Å². The number of carbonyl (C=O) groups excluding carboxylic acids is 1. The monoisotopic (exact) mass is 328 g/mol. The van der Waals surface area contributed by atoms with Crippen LogP contribution in [0.1, 0.15) is 18.4 Å². The standard InChI is InChI=1S/C17H20N4O3/c1-23-13-6-3-2-5-12(13)11-18-15-8-9-16(21-20-15)19-17(22)14-7-4-10-24-14/h2-3,5-6,8-9,14H,4,7,10-11H2,1H3,(H,18,20)(H,19,21,22). The molecule has 3 rings (SSSR count). The molecule has 1 fully saturated rings. The average Bonchev–Trinajstić information content (AvgIpc) is 3.16. The molecule has 1 aliphatic rings. The summed E-state index contributed by atoms with van der Waals surface area (Å²) in [5.74, 6) is 1.68. The molecule has 1 aromatic heterocycles. The molecule has 0 saturated carbocycles. The van der Waals surface area contributed by atoms with Gasteiger partial charge in [-0.15, -0.1) is 10.2 Å². The first-order valence-electron chi connectivity index (χ1n) is 7.88. The first kappa shape index (κ1) is 16.2. The lowest BCUT2D eigenvalue weighted by atomic mass is 10.2. The molecule has 126 valence electrons. The first-order valence-corrected chi connectivity index (χ1v) is 7.88. The zero-order valence-corrected chi connectivity index (χ0v) is 13.5. The fourth-order valence-electron chi connectivity index (χ4n) is 2.52. The van der Waals surface area contributed by atoms with Crippen LogP contribution in [0.5, 0.6) is 5.75 Å². The molecule has 2 heterocycles. The molecule has 1 unspecified atom stereocenters. The molecule has 0 aliphatic carbocycles. The highest BCUT2D eigenvalue weighted by molar-refractivity contribution is 5.93. The van der Waals surface area contributed by atoms with E-state index in [4.69, 9.17) is 9.47 Å². The minimum absolute atomic E-state index is 0.170. The van der Waals surface area contributed by atoms with Crippen LogP contribution < -0.4 is 15.4 Å². The number of hydrogen-bond donors (Lipinski definition) is 2. The fourth-order valence-corrected chi connectivity index (χ4v) is 2.52. The summed E-state index contributed by atoms with van der Waals surface area (Å²) in [5.41, 5.74) is 1.03. The van der Waals surface area contributed by atoms with Crippen molar-refractivity contribution < 1.29 is 14.3 Å². The van der Waals surface area contributed by atoms with E-state index in [1.54, 1.807) is 19.2 Å². The number of carbonyl (C=O) groups is 1. The minimum atomic E-state index is -0.379. The summed E-state index contributed by atoms with van der Waals surface area (Å²) in [4.78, 5) is 11.9. The number of amides is 1. The Morgan fingerprint density at radius 3 is 2.75 bits per heavy atom. The minimum Gasteiger partial charge on any atom is -0.496 e. The Hall–Kier alpha value is -2.67. The number of rotatable bonds is 6. The van der Waals surface area contributed by atoms with Gasteiger partial charge in [0, 0.05) is 18.7 Å². The second kappa shape index (κ2) is 7.74. The number of aromatic nitrogens is 2. The van der Waals surface area contributed by atoms with Crippen molar-refractivity contribution >= 4 is 17.5 Å². The molecule has 24 heavy (non-hydrogen) atoms. The van der Waals surface area contributed by atoms with Gasteiger partial charge in [0.15, 0.2) is 5.82 Å². The number of ether oxygens (including phenoxy) is 2. The Balaban J connectivity index is 1.55. The normalized spacial score (nSPS) is 16.6. The summed E-state index contributed by atoms with van der Waals surface area (Å²) in [7, 11) is 1.64. The molecular weight excluding hydrogens is 308 g/mol. The molecule has 1 aromatic carbocycles. The number of methoxy groups -OCH3 is 1. The summed E-state index contributed by atoms with van der Waals surface area (Å²) in [5, 5.41) is 14.0. The van der Waals surface area contributed by atoms with Gasteiger partial charge in [-0.3, -0.25) is 4.79 Å². The molecule has 2 aromatic rings. The van der Waals surface area contributed by atoms with E-state index in [1.807, 2.05) is 24.3 Å². The third-order valence-electron chi connectivity index (χ3n) is 3.79. The van der Waals surface area contributed by atoms with E-state index in [9.17, 15) is 4.79 Å². The van der Waals surface area contributed by atoms with Crippen LogP contribution in [-0.2, 0) is 16.1 Å². The summed E-state index contributed by atoms with van der Waals surface area (Å²) in [6.07, 6.45) is 1.28. The Labute approximate surface area is 140 Å². The molecule has 7 heteroatoms. The van der Waals surface area contributed by atoms with Gasteiger partial charge in [0.25, 0.3) is 5.91 Å². The van der Waals surface area contributed by atoms with Crippen LogP contribution >= 0.6 is 0 Å². The molecule has 2 N–H and O–H groups in total. The van der Waals surface area contributed by atoms with Gasteiger partial charge in [-0.1, -0.05) is 18.2 Å². The highest BCUT2D eigenvalue weighted by atomic mass is 16.5. The zero-order valence-electron chi connectivity index (χ0n) is 13.5. The van der Waals surface area contributed by atoms with Crippen LogP contribution in [0.2, 0.25) is 0 Å². The van der Waals surface area contributed by atoms with Crippen LogP contribution in [0.15, 0.2) is 36.4 Å². The van der Waals surface area contributed by atoms with Gasteiger partial charge >= 0.3 is 0 Å². The predicted molar refractivity (Wildman–Crippen MR) is 90.0 cm³/mol. The van der Waals surface area contributed by atoms with E-state index in [0.717, 1.165) is 24.2 Å². The molecule has 0 bridgehead atoms. The van der Waals surface area contributed by atoms with Crippen molar-refractivity contribution in [2.75, 3.05) is 24.4 Å². The molecular formula is C17H20N4O3. The first-order chi connectivity index (χ1) is 11.8. The molecule has 0 spiro atoms. The zero-order chi connectivity index (χ0) is 16.8. The number of nitrogens with one attached hydrogen (secondary N) is 2. The summed E-state index contributed by atoms with van der Waals surface area (Å²) in [6, 6.07) is 11.3. The van der Waals surface area contributed by atoms with Crippen LogP contribution in [0, 0.1) is 0 Å². The molecule has 1 aliphatic heterocycles. The van der Waals surface area contributed by atoms with E-state index in [1.165, 1.54) is 0 Å². The van der Waals surface area contributed by atoms with Crippen LogP contribution in [0.4, 0.5) is 11.6 Å². The maximum Gasteiger partial charge on any atom is 0.254 e. The summed E-state index contributed by atoms with van der Waals surface area (Å²) < 4.78 is 10.6. The van der Waals surface area contributed by atoms with E-state index < -0.39 is 0 Å². The maximum atomic E-state index is 11.9. The van der Waals surface area contributed by atoms with E-state index in [0.29, 0.717) is 24.8 Å². The predicted octanol–water partition coefficient (Wildman–Crippen LogP) is 2.21. The molecule has 7 nitrogen and oxygen atoms in total. The van der Waals surface area contributed by atoms with Crippen molar-refractivity contribution in [3.05, 3.63) is 42.0 Å². The maximum absolute atomic E-state index is 11.9. The van der Waals surface area contributed by atoms with Gasteiger partial charge in [0.2, 0.25) is 0 Å². The number of hydrogen-bond acceptors (Lipinski definition) is 6. The Bertz CT molecular complexity index is 684. The number of anilines is 2. The largest absolute Gasteiger partial charge is 0.496 e. The number of nitrogens with zero attached hydrogens (tertiary/aromatic N) is 2. The van der Waals surface area contributed by atoms with Gasteiger partial charge in [-0.05, 0) is 31.0 Å². The van der Waals surface area contributed by atoms with Crippen LogP contribution in [0.25, 0.3) is 0 Å². The van der Waals surface area contributed by atoms with Gasteiger partial charge in [-0.25, -0.2) is 0 Å². The summed E-state index contributed by atoms with van der Waals surface area (Å²) in [6.45, 7) is 1.20. The van der Waals surface area contributed by atoms with Gasteiger partial charge in [-0.2, -0.15) is 0 Å². The van der Waals surface area contributed by atoms with Gasteiger partial charge in [0.05, 0.1) is 7.11 Å². The van der Waals surface area contributed by atoms with E-state index in [2.05, 4.69) is 20.8 Å². The second-order valence-electron chi connectivity index (χ2n) is 5.46. The Morgan fingerprint density at radius 2 is 2.04 bits per heavy atom. The average molecular weight is 328 g/mol. The highest BCUT2D eigenvalue weighted by Gasteiger charge is 2.23. The quantitative estimate of drug-likeness (QED) is 0.846. The molecule has 1 atom stereocenters. The van der Waals surface area contributed by atoms with Crippen LogP contribution in [0.3, 0.4) is 0 Å². The van der Waals surface area contributed by atoms with Crippen molar-refractivity contribution in [1.29, 1.82) is 0 Å². The molecule has 1 amide bonds. The van der Waals surface area contributed by atoms with E-state index in [-0.39, 0.29) is 12.0 Å². The number of para-hydroxylation sites is 1.